The van der Waals surface area contributed by atoms with Gasteiger partial charge in [-0.25, -0.2) is 0 Å². The van der Waals surface area contributed by atoms with E-state index in [-0.39, 0.29) is 33.4 Å². The molecule has 0 saturated carbocycles. The van der Waals surface area contributed by atoms with Crippen LogP contribution in [0.4, 0.5) is 0 Å². The molecule has 1 spiro atoms. The fourth-order valence-corrected chi connectivity index (χ4v) is 94.3. The summed E-state index contributed by atoms with van der Waals surface area (Å²) in [5.41, 5.74) is 0. The van der Waals surface area contributed by atoms with Crippen LogP contribution in [0.1, 0.15) is 0 Å². The van der Waals surface area contributed by atoms with Gasteiger partial charge in [-0.3, -0.25) is 0 Å². The van der Waals surface area contributed by atoms with E-state index >= 15 is 0 Å². The standard InChI is InChI=1S/C9H9O4.C5H5.Fe/c10-4-8(12)6-2-1-3-7(6)9(13)5-11;1-2-4-5-3-1;/h1-3,10-11H,4-5H2;1-5H;. The van der Waals surface area contributed by atoms with E-state index in [4.69, 9.17) is 0 Å². The Labute approximate surface area is 98.4 Å². The van der Waals surface area contributed by atoms with Crippen molar-refractivity contribution >= 4 is 11.6 Å². The van der Waals surface area contributed by atoms with Crippen LogP contribution >= 0.6 is 0 Å². The fraction of sp³-hybridized carbons (Fsp3) is 0.857. The van der Waals surface area contributed by atoms with Crippen LogP contribution in [0, 0.1) is 0 Å². The molecule has 0 amide bonds. The van der Waals surface area contributed by atoms with Gasteiger partial charge in [0.25, 0.3) is 0 Å². The van der Waals surface area contributed by atoms with Crippen molar-refractivity contribution in [1.29, 1.82) is 0 Å². The van der Waals surface area contributed by atoms with Crippen LogP contribution < -0.4 is 0 Å². The van der Waals surface area contributed by atoms with Crippen LogP contribution in [0.25, 0.3) is 0 Å². The van der Waals surface area contributed by atoms with E-state index in [1.165, 1.54) is 0 Å². The van der Waals surface area contributed by atoms with Crippen LogP contribution in [-0.2, 0) is 16.1 Å². The second kappa shape index (κ2) is 0.635. The van der Waals surface area contributed by atoms with Gasteiger partial charge < -0.3 is 0 Å². The number of carbonyl (C=O) groups excluding carboxylic acids is 2. The maximum absolute atomic E-state index is 12.8. The second-order valence-electron chi connectivity index (χ2n) is 10.9. The van der Waals surface area contributed by atoms with Crippen LogP contribution in [0.3, 0.4) is 0 Å². The molecule has 0 aromatic carbocycles. The van der Waals surface area contributed by atoms with Gasteiger partial charge in [-0.1, -0.05) is 0 Å². The molecule has 4 unspecified atom stereocenters. The Bertz CT molecular complexity index is 1030. The molecule has 10 fully saturated rings. The van der Waals surface area contributed by atoms with Crippen molar-refractivity contribution in [2.24, 2.45) is 0 Å². The van der Waals surface area contributed by atoms with Crippen LogP contribution in [-0.4, -0.2) is 35.0 Å². The van der Waals surface area contributed by atoms with Gasteiger partial charge in [-0.15, -0.1) is 0 Å². The quantitative estimate of drug-likeness (QED) is 0.766. The number of aliphatic hydroxyl groups excluding tert-OH is 2. The maximum atomic E-state index is 12.8. The average molecular weight is 302 g/mol. The fourth-order valence-electron chi connectivity index (χ4n) is 18.4. The van der Waals surface area contributed by atoms with Crippen molar-refractivity contribution in [2.45, 2.75) is 47.2 Å². The van der Waals surface area contributed by atoms with Gasteiger partial charge >= 0.3 is 98.2 Å². The first-order valence-corrected chi connectivity index (χ1v) is 13.6. The summed E-state index contributed by atoms with van der Waals surface area (Å²) in [4.78, 5) is 31.9. The molecule has 102 valence electrons. The Morgan fingerprint density at radius 3 is 1.37 bits per heavy atom. The predicted molar refractivity (Wildman–Crippen MR) is 59.6 cm³/mol. The number of hydrogen-bond acceptors (Lipinski definition) is 4. The van der Waals surface area contributed by atoms with Crippen molar-refractivity contribution in [1.82, 2.24) is 0 Å². The van der Waals surface area contributed by atoms with E-state index in [1.54, 1.807) is 0 Å². The summed E-state index contributed by atoms with van der Waals surface area (Å²) in [5, 5.41) is 19.1. The molecule has 10 aliphatic rings. The average Bonchev–Trinajstić information content (AvgIpc) is 3.37. The van der Waals surface area contributed by atoms with Gasteiger partial charge in [0.15, 0.2) is 0 Å². The molecule has 10 saturated heterocycles. The van der Waals surface area contributed by atoms with Crippen molar-refractivity contribution in [3.63, 3.8) is 0 Å². The molecule has 10 heterocycles. The van der Waals surface area contributed by atoms with Crippen LogP contribution in [0.2, 0.25) is 47.2 Å². The third-order valence-corrected chi connectivity index (χ3v) is 58.8. The zero-order chi connectivity index (χ0) is 12.5. The summed E-state index contributed by atoms with van der Waals surface area (Å²) < 4.78 is -0.554. The number of aliphatic hydroxyl groups is 2. The molecular formula is C14H14FeO4. The number of hydrogen-bond donors (Lipinski definition) is 2. The van der Waals surface area contributed by atoms with Crippen LogP contribution in [0.5, 0.6) is 0 Å². The summed E-state index contributed by atoms with van der Waals surface area (Å²) in [6.07, 6.45) is 0. The van der Waals surface area contributed by atoms with E-state index in [0.717, 1.165) is 28.9 Å². The topological polar surface area (TPSA) is 74.6 Å². The Hall–Kier alpha value is -0.221. The first kappa shape index (κ1) is 7.69. The molecule has 0 aliphatic carbocycles. The molecule has 4 atom stereocenters. The molecule has 2 N–H and O–H groups in total. The SMILES string of the molecule is O=C(CO)[C]12[CH]3[CH]4[CH]5[C]1(C(=O)CO)[Fe]43521678[CH]2[CH]1[CH]6[CH]7[CH]28. The first-order valence-electron chi connectivity index (χ1n) is 7.40. The molecule has 10 aliphatic heterocycles. The summed E-state index contributed by atoms with van der Waals surface area (Å²) in [7, 11) is 0. The van der Waals surface area contributed by atoms with Gasteiger partial charge in [0.1, 0.15) is 0 Å². The molecule has 4 nitrogen and oxygen atoms in total. The summed E-state index contributed by atoms with van der Waals surface area (Å²) in [6.45, 7) is -4.70. The van der Waals surface area contributed by atoms with Crippen molar-refractivity contribution in [2.75, 3.05) is 13.2 Å². The van der Waals surface area contributed by atoms with Gasteiger partial charge in [0.2, 0.25) is 0 Å². The van der Waals surface area contributed by atoms with Gasteiger partial charge in [-0.2, -0.15) is 0 Å². The van der Waals surface area contributed by atoms with E-state index in [9.17, 15) is 19.8 Å². The van der Waals surface area contributed by atoms with E-state index < -0.39 is 6.51 Å². The van der Waals surface area contributed by atoms with Gasteiger partial charge in [0, 0.05) is 0 Å². The Kier molecular flexibility index (Phi) is 0.257. The number of rotatable bonds is 4. The normalized spacial score (nSPS) is 111. The van der Waals surface area contributed by atoms with Crippen LogP contribution in [0.15, 0.2) is 0 Å². The summed E-state index contributed by atoms with van der Waals surface area (Å²) >= 11 is 0. The minimum atomic E-state index is -3.99. The number of fused-ring (bicyclic) bond motifs is 10. The number of Topliss-reactive ketones (excluding diaryl/α,β-unsaturated/α-hetero) is 2. The monoisotopic (exact) mass is 302 g/mol. The minimum absolute atomic E-state index is 0.0517. The Morgan fingerprint density at radius 2 is 1.16 bits per heavy atom. The molecule has 5 heteroatoms. The molecular weight excluding hydrogens is 288 g/mol. The molecule has 19 heavy (non-hydrogen) atoms. The molecule has 0 aromatic rings. The van der Waals surface area contributed by atoms with E-state index in [1.807, 2.05) is 0 Å². The van der Waals surface area contributed by atoms with Crippen molar-refractivity contribution in [3.05, 3.63) is 0 Å². The predicted octanol–water partition coefficient (Wildman–Crippen LogP) is 1.24. The Balaban J connectivity index is 1.63. The summed E-state index contributed by atoms with van der Waals surface area (Å²) in [5.74, 6) is 0.103. The van der Waals surface area contributed by atoms with Crippen molar-refractivity contribution in [3.8, 4) is 0 Å². The zero-order valence-corrected chi connectivity index (χ0v) is 11.2. The third kappa shape index (κ3) is 0.0751. The molecule has 0 radical (unpaired) electrons. The molecule has 0 aromatic heterocycles. The first-order chi connectivity index (χ1) is 8.90. The molecule has 10 rings (SSSR count). The van der Waals surface area contributed by atoms with Crippen molar-refractivity contribution < 1.29 is 26.3 Å². The van der Waals surface area contributed by atoms with E-state index in [2.05, 4.69) is 0 Å². The summed E-state index contributed by atoms with van der Waals surface area (Å²) in [6, 6.07) is 0. The van der Waals surface area contributed by atoms with Gasteiger partial charge in [-0.05, 0) is 0 Å². The van der Waals surface area contributed by atoms with Gasteiger partial charge in [0.05, 0.1) is 0 Å². The second-order valence-corrected chi connectivity index (χ2v) is 34.1. The number of ketones is 2. The van der Waals surface area contributed by atoms with E-state index in [0.29, 0.717) is 9.63 Å². The Morgan fingerprint density at radius 1 is 0.789 bits per heavy atom. The zero-order valence-electron chi connectivity index (χ0n) is 10.1. The molecule has 0 bridgehead atoms. The third-order valence-electron chi connectivity index (χ3n) is 16.0. The number of carbonyl (C=O) groups is 2.